The van der Waals surface area contributed by atoms with E-state index in [-0.39, 0.29) is 22.6 Å². The molecule has 140 valence electrons. The second-order valence-electron chi connectivity index (χ2n) is 6.15. The molecule has 2 aromatic rings. The van der Waals surface area contributed by atoms with Crippen molar-refractivity contribution >= 4 is 33.0 Å². The highest BCUT2D eigenvalue weighted by atomic mass is 32.2. The van der Waals surface area contributed by atoms with Crippen LogP contribution in [0.3, 0.4) is 0 Å². The second-order valence-corrected chi connectivity index (χ2v) is 9.45. The van der Waals surface area contributed by atoms with Crippen molar-refractivity contribution in [3.63, 3.8) is 0 Å². The number of carbonyl (C=O) groups is 2. The van der Waals surface area contributed by atoms with Crippen molar-refractivity contribution in [2.75, 3.05) is 6.54 Å². The van der Waals surface area contributed by atoms with Gasteiger partial charge in [-0.2, -0.15) is 0 Å². The highest BCUT2D eigenvalue weighted by molar-refractivity contribution is 7.93. The Morgan fingerprint density at radius 3 is 2.58 bits per heavy atom. The normalized spacial score (nSPS) is 16.3. The Balaban J connectivity index is 1.69. The highest BCUT2D eigenvalue weighted by Gasteiger charge is 2.33. The maximum Gasteiger partial charge on any atom is 0.309 e. The molecule has 0 aliphatic heterocycles. The molecule has 2 N–H and O–H groups in total. The first kappa shape index (κ1) is 18.7. The Hall–Kier alpha value is -2.13. The lowest BCUT2D eigenvalue weighted by molar-refractivity contribution is -0.139. The molecule has 2 aromatic heterocycles. The van der Waals surface area contributed by atoms with E-state index >= 15 is 0 Å². The van der Waals surface area contributed by atoms with Gasteiger partial charge in [0.1, 0.15) is 15.2 Å². The lowest BCUT2D eigenvalue weighted by Crippen LogP contribution is -2.45. The molecule has 3 rings (SSSR count). The van der Waals surface area contributed by atoms with E-state index < -0.39 is 26.9 Å². The molecule has 1 aliphatic rings. The Bertz CT molecular complexity index is 838. The Kier molecular flexibility index (Phi) is 5.77. The fraction of sp³-hybridized carbons (Fsp3) is 0.412. The molecule has 0 spiro atoms. The van der Waals surface area contributed by atoms with Gasteiger partial charge in [0, 0.05) is 12.6 Å². The number of rotatable bonds is 6. The Morgan fingerprint density at radius 1 is 1.19 bits per heavy atom. The molecule has 1 unspecified atom stereocenters. The molecule has 0 saturated heterocycles. The minimum absolute atomic E-state index is 0.0176. The summed E-state index contributed by atoms with van der Waals surface area (Å²) in [4.78, 5) is 24.1. The first-order chi connectivity index (χ1) is 12.5. The molecule has 0 aromatic carbocycles. The van der Waals surface area contributed by atoms with E-state index in [1.165, 1.54) is 12.3 Å². The summed E-state index contributed by atoms with van der Waals surface area (Å²) < 4.78 is 31.1. The number of furan rings is 1. The molecule has 9 heteroatoms. The summed E-state index contributed by atoms with van der Waals surface area (Å²) in [6.45, 7) is -0.245. The third kappa shape index (κ3) is 4.16. The number of amides is 2. The Labute approximate surface area is 155 Å². The van der Waals surface area contributed by atoms with Crippen LogP contribution in [0.25, 0.3) is 0 Å². The summed E-state index contributed by atoms with van der Waals surface area (Å²) in [5.74, 6) is -1.35. The quantitative estimate of drug-likeness (QED) is 0.727. The van der Waals surface area contributed by atoms with Gasteiger partial charge in [0.25, 0.3) is 0 Å². The van der Waals surface area contributed by atoms with Crippen LogP contribution < -0.4 is 10.6 Å². The van der Waals surface area contributed by atoms with E-state index in [1.54, 1.807) is 23.6 Å². The van der Waals surface area contributed by atoms with E-state index in [4.69, 9.17) is 4.42 Å². The van der Waals surface area contributed by atoms with Gasteiger partial charge in [0.15, 0.2) is 9.84 Å². The first-order valence-electron chi connectivity index (χ1n) is 8.38. The molecule has 26 heavy (non-hydrogen) atoms. The third-order valence-corrected chi connectivity index (χ3v) is 7.85. The molecule has 1 fully saturated rings. The van der Waals surface area contributed by atoms with Gasteiger partial charge in [-0.3, -0.25) is 9.59 Å². The molecule has 2 heterocycles. The molecule has 1 atom stereocenters. The summed E-state index contributed by atoms with van der Waals surface area (Å²) in [6, 6.07) is 6.29. The predicted molar refractivity (Wildman–Crippen MR) is 96.4 cm³/mol. The maximum absolute atomic E-state index is 12.9. The summed E-state index contributed by atoms with van der Waals surface area (Å²) in [5.41, 5.74) is 0. The number of hydrogen-bond donors (Lipinski definition) is 2. The van der Waals surface area contributed by atoms with E-state index in [0.29, 0.717) is 0 Å². The average molecular weight is 396 g/mol. The zero-order valence-electron chi connectivity index (χ0n) is 14.0. The molecular formula is C17H20N2O5S2. The van der Waals surface area contributed by atoms with Crippen LogP contribution in [0.1, 0.15) is 36.7 Å². The first-order valence-corrected chi connectivity index (χ1v) is 10.8. The van der Waals surface area contributed by atoms with Crippen LogP contribution in [0.15, 0.2) is 44.5 Å². The average Bonchev–Trinajstić information content (AvgIpc) is 3.37. The number of sulfone groups is 1. The molecule has 2 amide bonds. The van der Waals surface area contributed by atoms with Crippen LogP contribution in [0, 0.1) is 0 Å². The van der Waals surface area contributed by atoms with Crippen molar-refractivity contribution < 1.29 is 22.4 Å². The van der Waals surface area contributed by atoms with E-state index in [2.05, 4.69) is 10.6 Å². The van der Waals surface area contributed by atoms with Crippen molar-refractivity contribution in [1.82, 2.24) is 10.6 Å². The van der Waals surface area contributed by atoms with Gasteiger partial charge in [-0.15, -0.1) is 11.3 Å². The summed E-state index contributed by atoms with van der Waals surface area (Å²) in [7, 11) is -3.75. The molecule has 0 radical (unpaired) electrons. The van der Waals surface area contributed by atoms with Crippen LogP contribution in [0.4, 0.5) is 0 Å². The van der Waals surface area contributed by atoms with Crippen LogP contribution in [-0.2, 0) is 19.4 Å². The lowest BCUT2D eigenvalue weighted by atomic mass is 10.2. The van der Waals surface area contributed by atoms with Crippen molar-refractivity contribution in [3.8, 4) is 0 Å². The van der Waals surface area contributed by atoms with E-state index in [0.717, 1.165) is 37.0 Å². The van der Waals surface area contributed by atoms with Crippen molar-refractivity contribution in [1.29, 1.82) is 0 Å². The van der Waals surface area contributed by atoms with Crippen LogP contribution in [-0.4, -0.2) is 32.8 Å². The van der Waals surface area contributed by atoms with Crippen LogP contribution in [0.5, 0.6) is 0 Å². The lowest BCUT2D eigenvalue weighted by Gasteiger charge is -2.16. The Morgan fingerprint density at radius 2 is 1.96 bits per heavy atom. The van der Waals surface area contributed by atoms with Crippen molar-refractivity contribution in [2.45, 2.75) is 41.2 Å². The third-order valence-electron chi connectivity index (χ3n) is 4.36. The smallest absolute Gasteiger partial charge is 0.309 e. The molecule has 1 saturated carbocycles. The molecular weight excluding hydrogens is 376 g/mol. The summed E-state index contributed by atoms with van der Waals surface area (Å²) in [5, 5.41) is 5.68. The van der Waals surface area contributed by atoms with E-state index in [9.17, 15) is 18.0 Å². The van der Waals surface area contributed by atoms with Gasteiger partial charge in [0.2, 0.25) is 0 Å². The van der Waals surface area contributed by atoms with Gasteiger partial charge in [-0.1, -0.05) is 18.9 Å². The standard InChI is InChI=1S/C17H20N2O5S2/c20-16(17(21)19-12-5-1-2-6-12)18-11-14(13-7-3-9-24-13)26(22,23)15-8-4-10-25-15/h3-4,7-10,12,14H,1-2,5-6,11H2,(H,18,20)(H,19,21). The summed E-state index contributed by atoms with van der Waals surface area (Å²) >= 11 is 1.10. The highest BCUT2D eigenvalue weighted by Crippen LogP contribution is 2.31. The zero-order valence-corrected chi connectivity index (χ0v) is 15.6. The van der Waals surface area contributed by atoms with Crippen LogP contribution >= 0.6 is 11.3 Å². The SMILES string of the molecule is O=C(NCC(c1ccco1)S(=O)(=O)c1cccs1)C(=O)NC1CCCC1. The number of nitrogens with one attached hydrogen (secondary N) is 2. The zero-order chi connectivity index (χ0) is 18.6. The monoisotopic (exact) mass is 396 g/mol. The topological polar surface area (TPSA) is 105 Å². The van der Waals surface area contributed by atoms with Gasteiger partial charge in [-0.05, 0) is 36.4 Å². The predicted octanol–water partition coefficient (Wildman–Crippen LogP) is 2.03. The van der Waals surface area contributed by atoms with Gasteiger partial charge in [0.05, 0.1) is 6.26 Å². The maximum atomic E-state index is 12.9. The molecule has 7 nitrogen and oxygen atoms in total. The van der Waals surface area contributed by atoms with E-state index in [1.807, 2.05) is 0 Å². The van der Waals surface area contributed by atoms with Gasteiger partial charge in [-0.25, -0.2) is 8.42 Å². The molecule has 1 aliphatic carbocycles. The van der Waals surface area contributed by atoms with Crippen LogP contribution in [0.2, 0.25) is 0 Å². The van der Waals surface area contributed by atoms with Gasteiger partial charge >= 0.3 is 11.8 Å². The largest absolute Gasteiger partial charge is 0.468 e. The second kappa shape index (κ2) is 8.05. The molecule has 0 bridgehead atoms. The fourth-order valence-electron chi connectivity index (χ4n) is 2.99. The van der Waals surface area contributed by atoms with Crippen molar-refractivity contribution in [3.05, 3.63) is 41.7 Å². The summed E-state index contributed by atoms with van der Waals surface area (Å²) in [6.07, 6.45) is 5.17. The minimum atomic E-state index is -3.75. The fourth-order valence-corrected chi connectivity index (χ4v) is 5.78. The van der Waals surface area contributed by atoms with Gasteiger partial charge < -0.3 is 15.1 Å². The minimum Gasteiger partial charge on any atom is -0.468 e. The number of carbonyl (C=O) groups excluding carboxylic acids is 2. The van der Waals surface area contributed by atoms with Crippen molar-refractivity contribution in [2.24, 2.45) is 0 Å². The number of thiophene rings is 1. The number of hydrogen-bond acceptors (Lipinski definition) is 6.